The van der Waals surface area contributed by atoms with Crippen molar-refractivity contribution in [3.05, 3.63) is 23.8 Å². The van der Waals surface area contributed by atoms with Crippen molar-refractivity contribution in [3.8, 4) is 0 Å². The van der Waals surface area contributed by atoms with Crippen molar-refractivity contribution < 1.29 is 4.21 Å². The topological polar surface area (TPSA) is 17.1 Å². The molecule has 1 nitrogen and oxygen atoms in total. The van der Waals surface area contributed by atoms with Crippen molar-refractivity contribution in [2.45, 2.75) is 31.4 Å². The lowest BCUT2D eigenvalue weighted by Crippen LogP contribution is -2.08. The van der Waals surface area contributed by atoms with Crippen LogP contribution >= 0.6 is 10.7 Å². The molecule has 0 radical (unpaired) electrons. The zero-order chi connectivity index (χ0) is 8.97. The van der Waals surface area contributed by atoms with Gasteiger partial charge in [-0.3, -0.25) is 0 Å². The highest BCUT2D eigenvalue weighted by molar-refractivity contribution is 8.08. The molecule has 0 amide bonds. The normalized spacial score (nSPS) is 25.2. The van der Waals surface area contributed by atoms with Gasteiger partial charge in [-0.15, -0.1) is 0 Å². The Hall–Kier alpha value is -0.0800. The van der Waals surface area contributed by atoms with Crippen LogP contribution in [0, 0.1) is 0 Å². The Morgan fingerprint density at radius 3 is 2.92 bits per heavy atom. The average Bonchev–Trinajstić information content (AvgIpc) is 2.06. The molecule has 2 unspecified atom stereocenters. The van der Waals surface area contributed by atoms with E-state index in [0.717, 1.165) is 19.3 Å². The molecule has 3 heteroatoms. The van der Waals surface area contributed by atoms with Gasteiger partial charge in [0.2, 0.25) is 0 Å². The van der Waals surface area contributed by atoms with E-state index >= 15 is 0 Å². The van der Waals surface area contributed by atoms with E-state index in [2.05, 4.69) is 13.0 Å². The first-order valence-electron chi connectivity index (χ1n) is 4.18. The lowest BCUT2D eigenvalue weighted by molar-refractivity contribution is 0.685. The van der Waals surface area contributed by atoms with Crippen molar-refractivity contribution in [3.63, 3.8) is 0 Å². The number of halogens is 1. The van der Waals surface area contributed by atoms with Crippen LogP contribution in [0.25, 0.3) is 0 Å². The molecule has 0 aromatic carbocycles. The molecule has 0 N–H and O–H groups in total. The second-order valence-corrected chi connectivity index (χ2v) is 4.93. The maximum atomic E-state index is 10.9. The van der Waals surface area contributed by atoms with Crippen molar-refractivity contribution in [1.29, 1.82) is 0 Å². The fourth-order valence-electron chi connectivity index (χ4n) is 1.26. The Morgan fingerprint density at radius 1 is 1.75 bits per heavy atom. The zero-order valence-electron chi connectivity index (χ0n) is 7.13. The SMILES string of the molecule is CCCC1=CCC(S(=O)Cl)C=C1. The summed E-state index contributed by atoms with van der Waals surface area (Å²) in [4.78, 5) is 0. The van der Waals surface area contributed by atoms with Gasteiger partial charge in [0.25, 0.3) is 0 Å². The lowest BCUT2D eigenvalue weighted by Gasteiger charge is -2.11. The van der Waals surface area contributed by atoms with Gasteiger partial charge in [-0.05, 0) is 23.5 Å². The minimum atomic E-state index is -1.23. The molecule has 0 aromatic rings. The summed E-state index contributed by atoms with van der Waals surface area (Å²) < 4.78 is 10.9. The van der Waals surface area contributed by atoms with Crippen LogP contribution < -0.4 is 0 Å². The molecule has 2 atom stereocenters. The van der Waals surface area contributed by atoms with Crippen LogP contribution in [0.4, 0.5) is 0 Å². The summed E-state index contributed by atoms with van der Waals surface area (Å²) in [6, 6.07) is 0. The second kappa shape index (κ2) is 4.83. The van der Waals surface area contributed by atoms with Gasteiger partial charge < -0.3 is 0 Å². The first-order valence-corrected chi connectivity index (χ1v) is 6.22. The molecular formula is C9H13ClOS. The highest BCUT2D eigenvalue weighted by Crippen LogP contribution is 2.19. The first kappa shape index (κ1) is 10.0. The van der Waals surface area contributed by atoms with E-state index < -0.39 is 10.0 Å². The summed E-state index contributed by atoms with van der Waals surface area (Å²) in [7, 11) is 4.24. The van der Waals surface area contributed by atoms with Crippen molar-refractivity contribution in [2.75, 3.05) is 0 Å². The molecule has 0 aliphatic heterocycles. The van der Waals surface area contributed by atoms with Gasteiger partial charge in [0.15, 0.2) is 0 Å². The van der Waals surface area contributed by atoms with E-state index in [0.29, 0.717) is 0 Å². The Balaban J connectivity index is 2.49. The van der Waals surface area contributed by atoms with E-state index in [4.69, 9.17) is 10.7 Å². The monoisotopic (exact) mass is 204 g/mol. The van der Waals surface area contributed by atoms with Crippen LogP contribution in [-0.2, 0) is 10.0 Å². The first-order chi connectivity index (χ1) is 5.74. The van der Waals surface area contributed by atoms with Crippen LogP contribution in [0.2, 0.25) is 0 Å². The van der Waals surface area contributed by atoms with Crippen LogP contribution in [0.5, 0.6) is 0 Å². The smallest absolute Gasteiger partial charge is 0.122 e. The molecule has 0 aromatic heterocycles. The highest BCUT2D eigenvalue weighted by atomic mass is 35.7. The summed E-state index contributed by atoms with van der Waals surface area (Å²) in [5.74, 6) is 0. The molecule has 68 valence electrons. The van der Waals surface area contributed by atoms with Crippen LogP contribution in [0.3, 0.4) is 0 Å². The zero-order valence-corrected chi connectivity index (χ0v) is 8.70. The second-order valence-electron chi connectivity index (χ2n) is 2.91. The molecule has 0 bridgehead atoms. The number of hydrogen-bond acceptors (Lipinski definition) is 1. The third kappa shape index (κ3) is 2.76. The summed E-state index contributed by atoms with van der Waals surface area (Å²) in [5, 5.41) is 0.0206. The van der Waals surface area contributed by atoms with Crippen LogP contribution in [-0.4, -0.2) is 9.46 Å². The predicted octanol–water partition coefficient (Wildman–Crippen LogP) is 2.94. The average molecular weight is 205 g/mol. The Kier molecular flexibility index (Phi) is 4.02. The predicted molar refractivity (Wildman–Crippen MR) is 54.5 cm³/mol. The molecule has 1 aliphatic rings. The molecule has 0 spiro atoms. The third-order valence-corrected chi connectivity index (χ3v) is 3.43. The Morgan fingerprint density at radius 2 is 2.50 bits per heavy atom. The van der Waals surface area contributed by atoms with Gasteiger partial charge in [-0.1, -0.05) is 37.1 Å². The van der Waals surface area contributed by atoms with Gasteiger partial charge in [-0.2, -0.15) is 0 Å². The summed E-state index contributed by atoms with van der Waals surface area (Å²) in [5.41, 5.74) is 1.34. The molecular weight excluding hydrogens is 192 g/mol. The van der Waals surface area contributed by atoms with E-state index in [-0.39, 0.29) is 5.25 Å². The van der Waals surface area contributed by atoms with Gasteiger partial charge in [-0.25, -0.2) is 4.21 Å². The number of allylic oxidation sites excluding steroid dienone is 3. The molecule has 1 rings (SSSR count). The fraction of sp³-hybridized carbons (Fsp3) is 0.556. The minimum absolute atomic E-state index is 0.0206. The van der Waals surface area contributed by atoms with Gasteiger partial charge in [0.05, 0.1) is 5.25 Å². The number of hydrogen-bond donors (Lipinski definition) is 0. The quantitative estimate of drug-likeness (QED) is 0.647. The van der Waals surface area contributed by atoms with Crippen molar-refractivity contribution >= 4 is 20.7 Å². The van der Waals surface area contributed by atoms with E-state index in [9.17, 15) is 4.21 Å². The minimum Gasteiger partial charge on any atom is -0.242 e. The van der Waals surface area contributed by atoms with Gasteiger partial charge in [0, 0.05) is 0 Å². The molecule has 0 heterocycles. The van der Waals surface area contributed by atoms with E-state index in [1.54, 1.807) is 0 Å². The van der Waals surface area contributed by atoms with Gasteiger partial charge >= 0.3 is 0 Å². The van der Waals surface area contributed by atoms with E-state index in [1.165, 1.54) is 5.57 Å². The maximum Gasteiger partial charge on any atom is 0.122 e. The number of rotatable bonds is 3. The van der Waals surface area contributed by atoms with Crippen LogP contribution in [0.1, 0.15) is 26.2 Å². The highest BCUT2D eigenvalue weighted by Gasteiger charge is 2.12. The fourth-order valence-corrected chi connectivity index (χ4v) is 2.10. The molecule has 0 saturated carbocycles. The Bertz CT molecular complexity index is 233. The largest absolute Gasteiger partial charge is 0.242 e. The summed E-state index contributed by atoms with van der Waals surface area (Å²) in [6.07, 6.45) is 9.21. The third-order valence-electron chi connectivity index (χ3n) is 1.91. The van der Waals surface area contributed by atoms with Crippen molar-refractivity contribution in [2.24, 2.45) is 0 Å². The van der Waals surface area contributed by atoms with E-state index in [1.807, 2.05) is 12.2 Å². The summed E-state index contributed by atoms with van der Waals surface area (Å²) >= 11 is 0. The standard InChI is InChI=1S/C9H13ClOS/c1-2-3-8-4-6-9(7-5-8)12(10)11/h4-6,9H,2-3,7H2,1H3. The Labute approximate surface area is 80.5 Å². The molecule has 0 fully saturated rings. The van der Waals surface area contributed by atoms with Crippen LogP contribution in [0.15, 0.2) is 23.8 Å². The summed E-state index contributed by atoms with van der Waals surface area (Å²) in [6.45, 7) is 2.15. The van der Waals surface area contributed by atoms with Gasteiger partial charge in [0.1, 0.15) is 10.0 Å². The maximum absolute atomic E-state index is 10.9. The lowest BCUT2D eigenvalue weighted by atomic mass is 10.0. The molecule has 0 saturated heterocycles. The molecule has 1 aliphatic carbocycles. The molecule has 12 heavy (non-hydrogen) atoms. The van der Waals surface area contributed by atoms with Crippen molar-refractivity contribution in [1.82, 2.24) is 0 Å².